The average molecular weight is 346 g/mol. The minimum absolute atomic E-state index is 0.280. The van der Waals surface area contributed by atoms with Crippen molar-refractivity contribution in [2.75, 3.05) is 11.4 Å². The molecule has 1 aliphatic rings. The van der Waals surface area contributed by atoms with Crippen molar-refractivity contribution in [1.82, 2.24) is 0 Å². The maximum absolute atomic E-state index is 12.3. The Morgan fingerprint density at radius 3 is 2.81 bits per heavy atom. The van der Waals surface area contributed by atoms with E-state index in [1.807, 2.05) is 42.5 Å². The van der Waals surface area contributed by atoms with Crippen LogP contribution in [0.15, 0.2) is 53.0 Å². The summed E-state index contributed by atoms with van der Waals surface area (Å²) in [4.78, 5) is 14.1. The second-order valence-electron chi connectivity index (χ2n) is 5.07. The van der Waals surface area contributed by atoms with E-state index < -0.39 is 0 Å². The van der Waals surface area contributed by atoms with Gasteiger partial charge in [0.2, 0.25) is 0 Å². The van der Waals surface area contributed by atoms with Crippen molar-refractivity contribution in [3.05, 3.63) is 64.1 Å². The van der Waals surface area contributed by atoms with E-state index in [9.17, 15) is 4.79 Å². The van der Waals surface area contributed by atoms with Gasteiger partial charge in [-0.3, -0.25) is 4.90 Å². The van der Waals surface area contributed by atoms with Gasteiger partial charge in [0, 0.05) is 11.0 Å². The van der Waals surface area contributed by atoms with Gasteiger partial charge in [0.1, 0.15) is 6.61 Å². The first-order chi connectivity index (χ1) is 10.2. The lowest BCUT2D eigenvalue weighted by atomic mass is 10.0. The summed E-state index contributed by atoms with van der Waals surface area (Å²) < 4.78 is 6.41. The molecule has 0 atom stereocenters. The van der Waals surface area contributed by atoms with E-state index in [0.717, 1.165) is 28.6 Å². The van der Waals surface area contributed by atoms with Gasteiger partial charge in [-0.2, -0.15) is 0 Å². The van der Waals surface area contributed by atoms with Crippen molar-refractivity contribution in [3.63, 3.8) is 0 Å². The number of anilines is 1. The molecule has 3 nitrogen and oxygen atoms in total. The van der Waals surface area contributed by atoms with Gasteiger partial charge >= 0.3 is 6.09 Å². The number of halogens is 1. The number of rotatable bonds is 2. The summed E-state index contributed by atoms with van der Waals surface area (Å²) in [7, 11) is 0. The van der Waals surface area contributed by atoms with Crippen molar-refractivity contribution < 1.29 is 9.53 Å². The first-order valence-corrected chi connectivity index (χ1v) is 7.80. The molecule has 0 bridgehead atoms. The lowest BCUT2D eigenvalue weighted by molar-refractivity contribution is 0.146. The van der Waals surface area contributed by atoms with Crippen LogP contribution in [0.25, 0.3) is 0 Å². The highest BCUT2D eigenvalue weighted by atomic mass is 79.9. The van der Waals surface area contributed by atoms with Crippen molar-refractivity contribution in [3.8, 4) is 0 Å². The Bertz CT molecular complexity index is 642. The Morgan fingerprint density at radius 1 is 1.19 bits per heavy atom. The summed E-state index contributed by atoms with van der Waals surface area (Å²) in [5, 5.41) is 0. The van der Waals surface area contributed by atoms with Gasteiger partial charge in [-0.1, -0.05) is 52.3 Å². The van der Waals surface area contributed by atoms with Crippen LogP contribution in [0.5, 0.6) is 0 Å². The van der Waals surface area contributed by atoms with Crippen molar-refractivity contribution in [2.45, 2.75) is 19.4 Å². The number of amides is 1. The zero-order valence-electron chi connectivity index (χ0n) is 11.6. The third kappa shape index (κ3) is 3.27. The zero-order chi connectivity index (χ0) is 14.7. The molecular weight excluding hydrogens is 330 g/mol. The second-order valence-corrected chi connectivity index (χ2v) is 5.98. The highest BCUT2D eigenvalue weighted by Gasteiger charge is 2.23. The van der Waals surface area contributed by atoms with Crippen LogP contribution in [0.4, 0.5) is 10.5 Å². The van der Waals surface area contributed by atoms with Crippen LogP contribution < -0.4 is 4.90 Å². The molecule has 3 rings (SSSR count). The van der Waals surface area contributed by atoms with E-state index in [-0.39, 0.29) is 6.09 Å². The van der Waals surface area contributed by atoms with E-state index >= 15 is 0 Å². The first-order valence-electron chi connectivity index (χ1n) is 7.01. The summed E-state index contributed by atoms with van der Waals surface area (Å²) in [5.74, 6) is 0. The molecule has 0 saturated carbocycles. The van der Waals surface area contributed by atoms with E-state index in [4.69, 9.17) is 4.74 Å². The van der Waals surface area contributed by atoms with Crippen LogP contribution in [-0.2, 0) is 17.8 Å². The monoisotopic (exact) mass is 345 g/mol. The van der Waals surface area contributed by atoms with Crippen LogP contribution in [0.2, 0.25) is 0 Å². The molecule has 0 radical (unpaired) electrons. The Morgan fingerprint density at radius 2 is 2.00 bits per heavy atom. The average Bonchev–Trinajstić information content (AvgIpc) is 2.53. The highest BCUT2D eigenvalue weighted by Crippen LogP contribution is 2.30. The molecule has 0 aliphatic carbocycles. The standard InChI is InChI=1S/C17H16BrNO2/c18-15-9-8-14-7-4-10-19(16(14)11-15)17(20)21-12-13-5-2-1-3-6-13/h1-3,5-6,8-9,11H,4,7,10,12H2. The van der Waals surface area contributed by atoms with Gasteiger partial charge < -0.3 is 4.74 Å². The normalized spacial score (nSPS) is 13.7. The second kappa shape index (κ2) is 6.31. The topological polar surface area (TPSA) is 29.5 Å². The molecule has 0 N–H and O–H groups in total. The van der Waals surface area contributed by atoms with Gasteiger partial charge in [0.15, 0.2) is 0 Å². The molecule has 0 aromatic heterocycles. The quantitative estimate of drug-likeness (QED) is 0.799. The van der Waals surface area contributed by atoms with Gasteiger partial charge in [-0.15, -0.1) is 0 Å². The van der Waals surface area contributed by atoms with Crippen LogP contribution in [0.3, 0.4) is 0 Å². The lowest BCUT2D eigenvalue weighted by Gasteiger charge is -2.28. The number of carbonyl (C=O) groups is 1. The van der Waals surface area contributed by atoms with Gasteiger partial charge in [0.05, 0.1) is 5.69 Å². The Balaban J connectivity index is 1.73. The molecule has 2 aromatic rings. The highest BCUT2D eigenvalue weighted by molar-refractivity contribution is 9.10. The molecular formula is C17H16BrNO2. The summed E-state index contributed by atoms with van der Waals surface area (Å²) in [5.41, 5.74) is 3.15. The van der Waals surface area contributed by atoms with E-state index in [2.05, 4.69) is 22.0 Å². The summed E-state index contributed by atoms with van der Waals surface area (Å²) in [6.07, 6.45) is 1.69. The van der Waals surface area contributed by atoms with Gasteiger partial charge in [0.25, 0.3) is 0 Å². The third-order valence-electron chi connectivity index (χ3n) is 3.59. The molecule has 0 unspecified atom stereocenters. The molecule has 21 heavy (non-hydrogen) atoms. The number of aryl methyl sites for hydroxylation is 1. The summed E-state index contributed by atoms with van der Waals surface area (Å²) in [6.45, 7) is 1.01. The minimum Gasteiger partial charge on any atom is -0.444 e. The van der Waals surface area contributed by atoms with Crippen molar-refractivity contribution >= 4 is 27.7 Å². The SMILES string of the molecule is O=C(OCc1ccccc1)N1CCCc2ccc(Br)cc21. The fraction of sp³-hybridized carbons (Fsp3) is 0.235. The van der Waals surface area contributed by atoms with Crippen molar-refractivity contribution in [2.24, 2.45) is 0 Å². The Labute approximate surface area is 132 Å². The predicted molar refractivity (Wildman–Crippen MR) is 86.4 cm³/mol. The maximum Gasteiger partial charge on any atom is 0.414 e. The maximum atomic E-state index is 12.3. The molecule has 0 fully saturated rings. The fourth-order valence-corrected chi connectivity index (χ4v) is 2.88. The number of benzene rings is 2. The van der Waals surface area contributed by atoms with E-state index in [1.54, 1.807) is 4.90 Å². The number of hydrogen-bond acceptors (Lipinski definition) is 2. The Hall–Kier alpha value is -1.81. The number of ether oxygens (including phenoxy) is 1. The Kier molecular flexibility index (Phi) is 4.25. The van der Waals surface area contributed by atoms with Crippen molar-refractivity contribution in [1.29, 1.82) is 0 Å². The largest absolute Gasteiger partial charge is 0.444 e. The molecule has 0 saturated heterocycles. The molecule has 1 heterocycles. The molecule has 1 amide bonds. The van der Waals surface area contributed by atoms with Crippen LogP contribution >= 0.6 is 15.9 Å². The summed E-state index contributed by atoms with van der Waals surface area (Å²) in [6, 6.07) is 15.8. The van der Waals surface area contributed by atoms with E-state index in [1.165, 1.54) is 5.56 Å². The van der Waals surface area contributed by atoms with Crippen LogP contribution in [-0.4, -0.2) is 12.6 Å². The fourth-order valence-electron chi connectivity index (χ4n) is 2.53. The van der Waals surface area contributed by atoms with E-state index in [0.29, 0.717) is 13.2 Å². The number of carbonyl (C=O) groups excluding carboxylic acids is 1. The number of fused-ring (bicyclic) bond motifs is 1. The molecule has 1 aliphatic heterocycles. The predicted octanol–water partition coefficient (Wildman–Crippen LogP) is 4.54. The van der Waals surface area contributed by atoms with Crippen LogP contribution in [0.1, 0.15) is 17.5 Å². The number of nitrogens with zero attached hydrogens (tertiary/aromatic N) is 1. The van der Waals surface area contributed by atoms with Crippen LogP contribution in [0, 0.1) is 0 Å². The van der Waals surface area contributed by atoms with Gasteiger partial charge in [-0.05, 0) is 36.1 Å². The number of hydrogen-bond donors (Lipinski definition) is 0. The lowest BCUT2D eigenvalue weighted by Crippen LogP contribution is -2.35. The molecule has 0 spiro atoms. The molecule has 4 heteroatoms. The zero-order valence-corrected chi connectivity index (χ0v) is 13.2. The minimum atomic E-state index is -0.280. The van der Waals surface area contributed by atoms with Gasteiger partial charge in [-0.25, -0.2) is 4.79 Å². The molecule has 108 valence electrons. The first kappa shape index (κ1) is 14.1. The summed E-state index contributed by atoms with van der Waals surface area (Å²) >= 11 is 3.46. The third-order valence-corrected chi connectivity index (χ3v) is 4.08. The molecule has 2 aromatic carbocycles. The smallest absolute Gasteiger partial charge is 0.414 e.